The molecule has 23 heavy (non-hydrogen) atoms. The first kappa shape index (κ1) is 16.1. The van der Waals surface area contributed by atoms with Crippen molar-refractivity contribution in [1.82, 2.24) is 4.98 Å². The Hall–Kier alpha value is -3.24. The van der Waals surface area contributed by atoms with Crippen molar-refractivity contribution in [3.63, 3.8) is 0 Å². The van der Waals surface area contributed by atoms with Gasteiger partial charge in [-0.2, -0.15) is 9.98 Å². The van der Waals surface area contributed by atoms with Gasteiger partial charge in [-0.25, -0.2) is 4.79 Å². The van der Waals surface area contributed by atoms with Crippen LogP contribution in [0, 0.1) is 6.92 Å². The zero-order chi connectivity index (χ0) is 16.7. The Morgan fingerprint density at radius 3 is 2.83 bits per heavy atom. The summed E-state index contributed by atoms with van der Waals surface area (Å²) in [6.45, 7) is 1.95. The number of aryl methyl sites for hydroxylation is 1. The number of hydrogen-bond acceptors (Lipinski definition) is 5. The highest BCUT2D eigenvalue weighted by atomic mass is 16.5. The van der Waals surface area contributed by atoms with E-state index < -0.39 is 5.97 Å². The van der Waals surface area contributed by atoms with Crippen molar-refractivity contribution in [2.75, 3.05) is 7.11 Å². The summed E-state index contributed by atoms with van der Waals surface area (Å²) in [6.07, 6.45) is 5.53. The van der Waals surface area contributed by atoms with Crippen LogP contribution in [0.3, 0.4) is 0 Å². The second-order valence-electron chi connectivity index (χ2n) is 4.60. The number of carboxylic acid groups (broad SMARTS) is 1. The lowest BCUT2D eigenvalue weighted by Gasteiger charge is -2.03. The minimum absolute atomic E-state index is 0.521. The molecule has 1 aromatic heterocycles. The van der Waals surface area contributed by atoms with Crippen LogP contribution in [0.4, 0.5) is 11.4 Å². The molecule has 0 radical (unpaired) electrons. The molecule has 6 nitrogen and oxygen atoms in total. The molecule has 0 aliphatic rings. The Labute approximate surface area is 133 Å². The first-order valence-electron chi connectivity index (χ1n) is 6.76. The highest BCUT2D eigenvalue weighted by molar-refractivity contribution is 5.86. The van der Waals surface area contributed by atoms with Crippen LogP contribution >= 0.6 is 0 Å². The third kappa shape index (κ3) is 4.62. The van der Waals surface area contributed by atoms with Gasteiger partial charge in [-0.05, 0) is 36.8 Å². The highest BCUT2D eigenvalue weighted by Crippen LogP contribution is 2.27. The molecule has 0 spiro atoms. The van der Waals surface area contributed by atoms with E-state index in [2.05, 4.69) is 21.0 Å². The van der Waals surface area contributed by atoms with E-state index in [4.69, 9.17) is 9.84 Å². The van der Waals surface area contributed by atoms with Gasteiger partial charge < -0.3 is 9.84 Å². The van der Waals surface area contributed by atoms with Gasteiger partial charge in [-0.3, -0.25) is 4.98 Å². The number of aliphatic imine (C=N–C) groups is 2. The SMILES string of the molecule is COc1ccc(C)cc1N=C=Nc1ccncc1/C=C/C(=O)O. The number of benzene rings is 1. The van der Waals surface area contributed by atoms with Crippen LogP contribution in [0.5, 0.6) is 5.75 Å². The average Bonchev–Trinajstić information content (AvgIpc) is 2.54. The monoisotopic (exact) mass is 309 g/mol. The molecular weight excluding hydrogens is 294 g/mol. The smallest absolute Gasteiger partial charge is 0.328 e. The Balaban J connectivity index is 2.34. The number of ether oxygens (including phenoxy) is 1. The van der Waals surface area contributed by atoms with Crippen LogP contribution in [-0.4, -0.2) is 29.2 Å². The maximum absolute atomic E-state index is 10.6. The number of methoxy groups -OCH3 is 1. The lowest BCUT2D eigenvalue weighted by atomic mass is 10.2. The topological polar surface area (TPSA) is 84.1 Å². The number of carboxylic acids is 1. The summed E-state index contributed by atoms with van der Waals surface area (Å²) in [5.41, 5.74) is 2.75. The molecule has 0 saturated heterocycles. The summed E-state index contributed by atoms with van der Waals surface area (Å²) in [7, 11) is 1.57. The lowest BCUT2D eigenvalue weighted by molar-refractivity contribution is -0.131. The van der Waals surface area contributed by atoms with E-state index in [1.807, 2.05) is 25.1 Å². The fraction of sp³-hybridized carbons (Fsp3) is 0.118. The fourth-order valence-electron chi connectivity index (χ4n) is 1.81. The largest absolute Gasteiger partial charge is 0.494 e. The van der Waals surface area contributed by atoms with E-state index >= 15 is 0 Å². The van der Waals surface area contributed by atoms with Gasteiger partial charge in [-0.1, -0.05) is 6.07 Å². The minimum Gasteiger partial charge on any atom is -0.494 e. The first-order valence-corrected chi connectivity index (χ1v) is 6.76. The summed E-state index contributed by atoms with van der Waals surface area (Å²) >= 11 is 0. The summed E-state index contributed by atoms with van der Waals surface area (Å²) in [5.74, 6) is -0.416. The summed E-state index contributed by atoms with van der Waals surface area (Å²) in [5, 5.41) is 8.69. The fourth-order valence-corrected chi connectivity index (χ4v) is 1.81. The number of aliphatic carboxylic acids is 1. The zero-order valence-electron chi connectivity index (χ0n) is 12.7. The van der Waals surface area contributed by atoms with Crippen molar-refractivity contribution < 1.29 is 14.6 Å². The molecule has 0 amide bonds. The van der Waals surface area contributed by atoms with Gasteiger partial charge in [0.1, 0.15) is 17.4 Å². The van der Waals surface area contributed by atoms with Gasteiger partial charge >= 0.3 is 5.97 Å². The quantitative estimate of drug-likeness (QED) is 0.675. The van der Waals surface area contributed by atoms with Gasteiger partial charge in [-0.15, -0.1) is 0 Å². The Morgan fingerprint density at radius 2 is 2.09 bits per heavy atom. The van der Waals surface area contributed by atoms with Gasteiger partial charge in [0, 0.05) is 24.0 Å². The van der Waals surface area contributed by atoms with E-state index in [0.717, 1.165) is 11.6 Å². The number of aromatic nitrogens is 1. The minimum atomic E-state index is -1.04. The Kier molecular flexibility index (Phi) is 5.39. The predicted octanol–water partition coefficient (Wildman–Crippen LogP) is 3.63. The Bertz CT molecular complexity index is 806. The molecule has 0 atom stereocenters. The normalized spacial score (nSPS) is 10.2. The van der Waals surface area contributed by atoms with Crippen molar-refractivity contribution in [3.8, 4) is 5.75 Å². The molecule has 0 bridgehead atoms. The number of carbonyl (C=O) groups is 1. The third-order valence-corrected chi connectivity index (χ3v) is 2.91. The molecular formula is C17H15N3O3. The van der Waals surface area contributed by atoms with E-state index in [1.165, 1.54) is 12.3 Å². The molecule has 0 saturated carbocycles. The molecule has 2 aromatic rings. The van der Waals surface area contributed by atoms with Crippen molar-refractivity contribution in [2.45, 2.75) is 6.92 Å². The zero-order valence-corrected chi connectivity index (χ0v) is 12.7. The number of hydrogen-bond donors (Lipinski definition) is 1. The Morgan fingerprint density at radius 1 is 1.30 bits per heavy atom. The molecule has 1 heterocycles. The van der Waals surface area contributed by atoms with Crippen LogP contribution in [-0.2, 0) is 4.79 Å². The number of nitrogens with zero attached hydrogens (tertiary/aromatic N) is 3. The maximum Gasteiger partial charge on any atom is 0.328 e. The van der Waals surface area contributed by atoms with Gasteiger partial charge in [0.2, 0.25) is 0 Å². The second kappa shape index (κ2) is 7.68. The second-order valence-corrected chi connectivity index (χ2v) is 4.60. The molecule has 0 unspecified atom stereocenters. The molecule has 2 rings (SSSR count). The van der Waals surface area contributed by atoms with Gasteiger partial charge in [0.25, 0.3) is 0 Å². The van der Waals surface area contributed by atoms with Crippen LogP contribution < -0.4 is 4.74 Å². The van der Waals surface area contributed by atoms with E-state index in [9.17, 15) is 4.79 Å². The summed E-state index contributed by atoms with van der Waals surface area (Å²) in [4.78, 5) is 22.8. The molecule has 6 heteroatoms. The maximum atomic E-state index is 10.6. The van der Waals surface area contributed by atoms with Crippen molar-refractivity contribution >= 4 is 29.4 Å². The first-order chi connectivity index (χ1) is 11.1. The molecule has 1 N–H and O–H groups in total. The van der Waals surface area contributed by atoms with Gasteiger partial charge in [0.15, 0.2) is 0 Å². The summed E-state index contributed by atoms with van der Waals surface area (Å²) in [6, 6.07) is 9.87. The number of rotatable bonds is 5. The van der Waals surface area contributed by atoms with Crippen LogP contribution in [0.15, 0.2) is 52.7 Å². The van der Waals surface area contributed by atoms with Crippen LogP contribution in [0.25, 0.3) is 6.08 Å². The predicted molar refractivity (Wildman–Crippen MR) is 87.8 cm³/mol. The lowest BCUT2D eigenvalue weighted by Crippen LogP contribution is -1.86. The molecule has 0 aliphatic carbocycles. The number of pyridine rings is 1. The van der Waals surface area contributed by atoms with Crippen LogP contribution in [0.2, 0.25) is 0 Å². The van der Waals surface area contributed by atoms with Crippen LogP contribution in [0.1, 0.15) is 11.1 Å². The van der Waals surface area contributed by atoms with E-state index in [0.29, 0.717) is 22.7 Å². The van der Waals surface area contributed by atoms with E-state index in [1.54, 1.807) is 19.4 Å². The standard InChI is InChI=1S/C17H15N3O3/c1-12-3-5-16(23-2)15(9-12)20-11-19-14-7-8-18-10-13(14)4-6-17(21)22/h3-10H,1-2H3,(H,21,22)/b6-4+. The summed E-state index contributed by atoms with van der Waals surface area (Å²) < 4.78 is 5.23. The third-order valence-electron chi connectivity index (χ3n) is 2.91. The van der Waals surface area contributed by atoms with Crippen molar-refractivity contribution in [3.05, 3.63) is 53.9 Å². The van der Waals surface area contributed by atoms with Gasteiger partial charge in [0.05, 0.1) is 12.8 Å². The molecule has 116 valence electrons. The highest BCUT2D eigenvalue weighted by Gasteiger charge is 2.01. The molecule has 0 fully saturated rings. The van der Waals surface area contributed by atoms with Crippen molar-refractivity contribution in [2.24, 2.45) is 9.98 Å². The van der Waals surface area contributed by atoms with Crippen molar-refractivity contribution in [1.29, 1.82) is 0 Å². The van der Waals surface area contributed by atoms with E-state index in [-0.39, 0.29) is 0 Å². The molecule has 1 aromatic carbocycles. The average molecular weight is 309 g/mol. The molecule has 0 aliphatic heterocycles.